The zero-order valence-electron chi connectivity index (χ0n) is 10.3. The summed E-state index contributed by atoms with van der Waals surface area (Å²) < 4.78 is 8.07. The van der Waals surface area contributed by atoms with Crippen LogP contribution < -0.4 is 4.74 Å². The molecule has 2 aromatic rings. The molecular weight excluding hydrogens is 356 g/mol. The van der Waals surface area contributed by atoms with Crippen LogP contribution in [0, 0.1) is 0 Å². The zero-order valence-corrected chi connectivity index (χ0v) is 13.5. The molecule has 0 heterocycles. The van der Waals surface area contributed by atoms with Gasteiger partial charge in [0, 0.05) is 8.95 Å². The second-order valence-electron chi connectivity index (χ2n) is 4.39. The van der Waals surface area contributed by atoms with E-state index < -0.39 is 0 Å². The first-order valence-corrected chi connectivity index (χ1v) is 7.37. The van der Waals surface area contributed by atoms with Crippen molar-refractivity contribution < 1.29 is 4.74 Å². The summed E-state index contributed by atoms with van der Waals surface area (Å²) in [6.45, 7) is 4.33. The molecule has 94 valence electrons. The van der Waals surface area contributed by atoms with E-state index in [1.165, 1.54) is 5.56 Å². The van der Waals surface area contributed by atoms with E-state index in [0.717, 1.165) is 20.4 Å². The van der Waals surface area contributed by atoms with E-state index in [2.05, 4.69) is 51.8 Å². The maximum atomic E-state index is 5.94. The van der Waals surface area contributed by atoms with Gasteiger partial charge in [0.05, 0.1) is 0 Å². The fourth-order valence-electron chi connectivity index (χ4n) is 1.69. The Morgan fingerprint density at radius 1 is 0.889 bits per heavy atom. The van der Waals surface area contributed by atoms with Crippen LogP contribution in [-0.2, 0) is 0 Å². The molecule has 0 bridgehead atoms. The second kappa shape index (κ2) is 5.89. The predicted octanol–water partition coefficient (Wildman–Crippen LogP) is 6.13. The van der Waals surface area contributed by atoms with Crippen LogP contribution >= 0.6 is 31.9 Å². The molecule has 0 amide bonds. The molecule has 0 saturated heterocycles. The molecule has 0 spiro atoms. The van der Waals surface area contributed by atoms with Gasteiger partial charge < -0.3 is 4.74 Å². The monoisotopic (exact) mass is 368 g/mol. The molecule has 18 heavy (non-hydrogen) atoms. The van der Waals surface area contributed by atoms with Gasteiger partial charge >= 0.3 is 0 Å². The van der Waals surface area contributed by atoms with Crippen molar-refractivity contribution in [3.8, 4) is 11.5 Å². The molecule has 0 saturated carbocycles. The van der Waals surface area contributed by atoms with E-state index in [4.69, 9.17) is 4.74 Å². The number of benzene rings is 2. The van der Waals surface area contributed by atoms with Crippen LogP contribution in [0.4, 0.5) is 0 Å². The van der Waals surface area contributed by atoms with Crippen LogP contribution in [-0.4, -0.2) is 0 Å². The maximum absolute atomic E-state index is 5.94. The Hall–Kier alpha value is -0.800. The number of hydrogen-bond acceptors (Lipinski definition) is 1. The van der Waals surface area contributed by atoms with Crippen molar-refractivity contribution in [1.82, 2.24) is 0 Å². The lowest BCUT2D eigenvalue weighted by Crippen LogP contribution is -1.94. The van der Waals surface area contributed by atoms with Crippen molar-refractivity contribution in [3.63, 3.8) is 0 Å². The molecule has 3 heteroatoms. The van der Waals surface area contributed by atoms with E-state index in [1.54, 1.807) is 0 Å². The van der Waals surface area contributed by atoms with Crippen molar-refractivity contribution in [2.45, 2.75) is 19.8 Å². The Kier molecular flexibility index (Phi) is 4.46. The molecule has 0 N–H and O–H groups in total. The van der Waals surface area contributed by atoms with Crippen LogP contribution in [0.5, 0.6) is 11.5 Å². The SMILES string of the molecule is CC(C)c1cc(Br)ccc1Oc1ccc(Br)cc1. The summed E-state index contributed by atoms with van der Waals surface area (Å²) in [5, 5.41) is 0. The smallest absolute Gasteiger partial charge is 0.130 e. The van der Waals surface area contributed by atoms with Gasteiger partial charge in [-0.2, -0.15) is 0 Å². The average Bonchev–Trinajstić information content (AvgIpc) is 2.34. The molecule has 0 aliphatic carbocycles. The average molecular weight is 370 g/mol. The van der Waals surface area contributed by atoms with Gasteiger partial charge in [0.15, 0.2) is 0 Å². The molecule has 0 fully saturated rings. The van der Waals surface area contributed by atoms with Crippen molar-refractivity contribution in [2.24, 2.45) is 0 Å². The third-order valence-corrected chi connectivity index (χ3v) is 3.66. The van der Waals surface area contributed by atoms with Crippen molar-refractivity contribution in [1.29, 1.82) is 0 Å². The standard InChI is InChI=1S/C15H14Br2O/c1-10(2)14-9-12(17)5-8-15(14)18-13-6-3-11(16)4-7-13/h3-10H,1-2H3. The normalized spacial score (nSPS) is 10.7. The van der Waals surface area contributed by atoms with Gasteiger partial charge in [-0.3, -0.25) is 0 Å². The molecule has 0 aromatic heterocycles. The minimum Gasteiger partial charge on any atom is -0.457 e. The highest BCUT2D eigenvalue weighted by molar-refractivity contribution is 9.10. The van der Waals surface area contributed by atoms with Crippen LogP contribution in [0.25, 0.3) is 0 Å². The Morgan fingerprint density at radius 2 is 1.50 bits per heavy atom. The minimum absolute atomic E-state index is 0.424. The summed E-state index contributed by atoms with van der Waals surface area (Å²) in [6.07, 6.45) is 0. The van der Waals surface area contributed by atoms with Gasteiger partial charge in [0.2, 0.25) is 0 Å². The highest BCUT2D eigenvalue weighted by Crippen LogP contribution is 2.33. The largest absolute Gasteiger partial charge is 0.457 e. The van der Waals surface area contributed by atoms with Gasteiger partial charge in [-0.15, -0.1) is 0 Å². The third kappa shape index (κ3) is 3.36. The van der Waals surface area contributed by atoms with E-state index in [0.29, 0.717) is 5.92 Å². The van der Waals surface area contributed by atoms with Crippen molar-refractivity contribution >= 4 is 31.9 Å². The van der Waals surface area contributed by atoms with E-state index in [9.17, 15) is 0 Å². The zero-order chi connectivity index (χ0) is 13.1. The molecule has 0 aliphatic heterocycles. The molecule has 2 rings (SSSR count). The highest BCUT2D eigenvalue weighted by atomic mass is 79.9. The van der Waals surface area contributed by atoms with Crippen LogP contribution in [0.3, 0.4) is 0 Å². The van der Waals surface area contributed by atoms with Gasteiger partial charge in [-0.05, 0) is 53.9 Å². The summed E-state index contributed by atoms with van der Waals surface area (Å²) in [5.41, 5.74) is 1.20. The van der Waals surface area contributed by atoms with Gasteiger partial charge in [0.25, 0.3) is 0 Å². The molecule has 0 unspecified atom stereocenters. The lowest BCUT2D eigenvalue weighted by molar-refractivity contribution is 0.473. The summed E-state index contributed by atoms with van der Waals surface area (Å²) in [5.74, 6) is 2.19. The molecule has 0 radical (unpaired) electrons. The predicted molar refractivity (Wildman–Crippen MR) is 82.4 cm³/mol. The quantitative estimate of drug-likeness (QED) is 0.632. The fourth-order valence-corrected chi connectivity index (χ4v) is 2.34. The van der Waals surface area contributed by atoms with Crippen LogP contribution in [0.2, 0.25) is 0 Å². The first-order chi connectivity index (χ1) is 8.56. The van der Waals surface area contributed by atoms with Gasteiger partial charge in [-0.25, -0.2) is 0 Å². The van der Waals surface area contributed by atoms with Crippen LogP contribution in [0.15, 0.2) is 51.4 Å². The first kappa shape index (κ1) is 13.6. The number of halogens is 2. The summed E-state index contributed by atoms with van der Waals surface area (Å²) in [7, 11) is 0. The number of rotatable bonds is 3. The van der Waals surface area contributed by atoms with Crippen molar-refractivity contribution in [2.75, 3.05) is 0 Å². The lowest BCUT2D eigenvalue weighted by Gasteiger charge is -2.14. The molecule has 1 nitrogen and oxygen atoms in total. The summed E-state index contributed by atoms with van der Waals surface area (Å²) in [6, 6.07) is 14.0. The van der Waals surface area contributed by atoms with E-state index in [-0.39, 0.29) is 0 Å². The number of ether oxygens (including phenoxy) is 1. The third-order valence-electron chi connectivity index (χ3n) is 2.64. The molecular formula is C15H14Br2O. The molecule has 0 atom stereocenters. The van der Waals surface area contributed by atoms with E-state index >= 15 is 0 Å². The maximum Gasteiger partial charge on any atom is 0.130 e. The Bertz CT molecular complexity index is 533. The van der Waals surface area contributed by atoms with E-state index in [1.807, 2.05) is 36.4 Å². The van der Waals surface area contributed by atoms with Gasteiger partial charge in [-0.1, -0.05) is 45.7 Å². The summed E-state index contributed by atoms with van der Waals surface area (Å²) in [4.78, 5) is 0. The molecule has 2 aromatic carbocycles. The van der Waals surface area contributed by atoms with Crippen molar-refractivity contribution in [3.05, 3.63) is 57.0 Å². The second-order valence-corrected chi connectivity index (χ2v) is 6.22. The van der Waals surface area contributed by atoms with Gasteiger partial charge in [0.1, 0.15) is 11.5 Å². The topological polar surface area (TPSA) is 9.23 Å². The molecule has 0 aliphatic rings. The minimum atomic E-state index is 0.424. The first-order valence-electron chi connectivity index (χ1n) is 5.79. The lowest BCUT2D eigenvalue weighted by atomic mass is 10.0. The summed E-state index contributed by atoms with van der Waals surface area (Å²) >= 11 is 6.91. The highest BCUT2D eigenvalue weighted by Gasteiger charge is 2.09. The Labute approximate surface area is 124 Å². The van der Waals surface area contributed by atoms with Crippen LogP contribution in [0.1, 0.15) is 25.3 Å². The Morgan fingerprint density at radius 3 is 2.11 bits per heavy atom. The fraction of sp³-hybridized carbons (Fsp3) is 0.200. The number of hydrogen-bond donors (Lipinski definition) is 0. The Balaban J connectivity index is 2.31.